The van der Waals surface area contributed by atoms with E-state index in [-0.39, 0.29) is 23.4 Å². The highest BCUT2D eigenvalue weighted by Gasteiger charge is 2.20. The van der Waals surface area contributed by atoms with Crippen LogP contribution in [-0.2, 0) is 10.5 Å². The molecule has 6 nitrogen and oxygen atoms in total. The van der Waals surface area contributed by atoms with E-state index in [4.69, 9.17) is 9.15 Å². The predicted molar refractivity (Wildman–Crippen MR) is 104 cm³/mol. The number of benzene rings is 1. The number of ether oxygens (including phenoxy) is 1. The van der Waals surface area contributed by atoms with E-state index in [1.165, 1.54) is 24.1 Å². The average molecular weight is 391 g/mol. The normalized spacial score (nSPS) is 12.1. The molecule has 0 aliphatic carbocycles. The molecule has 27 heavy (non-hydrogen) atoms. The van der Waals surface area contributed by atoms with Gasteiger partial charge in [-0.2, -0.15) is 0 Å². The van der Waals surface area contributed by atoms with Crippen molar-refractivity contribution in [3.63, 3.8) is 0 Å². The number of carboxylic acids is 1. The lowest BCUT2D eigenvalue weighted by Crippen LogP contribution is -2.42. The summed E-state index contributed by atoms with van der Waals surface area (Å²) in [7, 11) is 0. The fourth-order valence-electron chi connectivity index (χ4n) is 2.46. The Morgan fingerprint density at radius 3 is 2.63 bits per heavy atom. The van der Waals surface area contributed by atoms with Crippen LogP contribution in [0.4, 0.5) is 0 Å². The zero-order valence-corrected chi connectivity index (χ0v) is 16.5. The molecule has 0 aliphatic rings. The first-order valence-electron chi connectivity index (χ1n) is 8.84. The molecule has 1 heterocycles. The number of rotatable bonds is 10. The van der Waals surface area contributed by atoms with Crippen LogP contribution in [0.5, 0.6) is 0 Å². The van der Waals surface area contributed by atoms with Crippen molar-refractivity contribution in [3.05, 3.63) is 53.5 Å². The average Bonchev–Trinajstić information content (AvgIpc) is 3.12. The Labute approximate surface area is 163 Å². The van der Waals surface area contributed by atoms with E-state index in [1.54, 1.807) is 6.07 Å². The van der Waals surface area contributed by atoms with E-state index in [0.717, 1.165) is 4.90 Å². The van der Waals surface area contributed by atoms with E-state index >= 15 is 0 Å². The first kappa shape index (κ1) is 21.1. The highest BCUT2D eigenvalue weighted by molar-refractivity contribution is 7.98. The minimum absolute atomic E-state index is 0.0841. The number of thioether (sulfide) groups is 1. The summed E-state index contributed by atoms with van der Waals surface area (Å²) in [5, 5.41) is 12.2. The molecule has 146 valence electrons. The first-order chi connectivity index (χ1) is 12.9. The second kappa shape index (κ2) is 10.2. The molecule has 1 atom stereocenters. The fraction of sp³-hybridized carbons (Fsp3) is 0.400. The van der Waals surface area contributed by atoms with Crippen LogP contribution in [0.15, 0.2) is 45.9 Å². The third-order valence-corrected chi connectivity index (χ3v) is 5.16. The number of carbonyl (C=O) groups excluding carboxylic acids is 1. The summed E-state index contributed by atoms with van der Waals surface area (Å²) in [6.45, 7) is 7.05. The summed E-state index contributed by atoms with van der Waals surface area (Å²) in [6, 6.07) is 8.60. The monoisotopic (exact) mass is 391 g/mol. The van der Waals surface area contributed by atoms with Gasteiger partial charge < -0.3 is 19.6 Å². The molecule has 1 amide bonds. The smallest absolute Gasteiger partial charge is 0.339 e. The molecule has 0 radical (unpaired) electrons. The van der Waals surface area contributed by atoms with Gasteiger partial charge in [-0.15, -0.1) is 11.8 Å². The van der Waals surface area contributed by atoms with Crippen LogP contribution in [0.3, 0.4) is 0 Å². The molecule has 7 heteroatoms. The summed E-state index contributed by atoms with van der Waals surface area (Å²) in [5.74, 6) is -0.262. The Morgan fingerprint density at radius 1 is 1.22 bits per heavy atom. The molecular weight excluding hydrogens is 366 g/mol. The molecule has 0 fully saturated rings. The van der Waals surface area contributed by atoms with Gasteiger partial charge in [0, 0.05) is 11.5 Å². The maximum atomic E-state index is 12.8. The van der Waals surface area contributed by atoms with E-state index in [2.05, 4.69) is 5.32 Å². The lowest BCUT2D eigenvalue weighted by molar-refractivity contribution is 0.0694. The summed E-state index contributed by atoms with van der Waals surface area (Å²) < 4.78 is 10.7. The van der Waals surface area contributed by atoms with Crippen LogP contribution in [-0.4, -0.2) is 36.2 Å². The highest BCUT2D eigenvalue weighted by atomic mass is 32.2. The second-order valence-corrected chi connectivity index (χ2v) is 7.35. The number of furan rings is 1. The number of carboxylic acid groups (broad SMARTS) is 1. The van der Waals surface area contributed by atoms with Gasteiger partial charge in [0.05, 0.1) is 30.2 Å². The van der Waals surface area contributed by atoms with Crippen LogP contribution < -0.4 is 5.32 Å². The van der Waals surface area contributed by atoms with Crippen molar-refractivity contribution in [2.45, 2.75) is 37.5 Å². The Bertz CT molecular complexity index is 771. The molecule has 1 aromatic carbocycles. The summed E-state index contributed by atoms with van der Waals surface area (Å²) in [6.07, 6.45) is 1.36. The Hall–Kier alpha value is -2.25. The van der Waals surface area contributed by atoms with Crippen molar-refractivity contribution in [1.82, 2.24) is 5.32 Å². The minimum atomic E-state index is -1.03. The van der Waals surface area contributed by atoms with Gasteiger partial charge in [0.15, 0.2) is 0 Å². The van der Waals surface area contributed by atoms with Crippen molar-refractivity contribution in [2.75, 3.05) is 13.2 Å². The lowest BCUT2D eigenvalue weighted by Gasteiger charge is -2.22. The quantitative estimate of drug-likeness (QED) is 0.594. The highest BCUT2D eigenvalue weighted by Crippen LogP contribution is 2.28. The molecule has 2 aromatic rings. The molecule has 1 aromatic heterocycles. The largest absolute Gasteiger partial charge is 0.478 e. The van der Waals surface area contributed by atoms with Crippen LogP contribution in [0.1, 0.15) is 47.2 Å². The third-order valence-electron chi connectivity index (χ3n) is 4.09. The minimum Gasteiger partial charge on any atom is -0.478 e. The van der Waals surface area contributed by atoms with Gasteiger partial charge >= 0.3 is 5.97 Å². The predicted octanol–water partition coefficient (Wildman–Crippen LogP) is 4.06. The number of aromatic carboxylic acids is 1. The Balaban J connectivity index is 2.11. The van der Waals surface area contributed by atoms with Crippen molar-refractivity contribution in [3.8, 4) is 0 Å². The van der Waals surface area contributed by atoms with Gasteiger partial charge in [-0.3, -0.25) is 4.79 Å². The maximum absolute atomic E-state index is 12.8. The number of hydrogen-bond donors (Lipinski definition) is 2. The molecule has 2 rings (SSSR count). The lowest BCUT2D eigenvalue weighted by atomic mass is 10.0. The summed E-state index contributed by atoms with van der Waals surface area (Å²) in [4.78, 5) is 24.7. The SMILES string of the molecule is CCOCC(NC(=O)c1ccccc1SCc1occc1C(=O)O)C(C)C. The van der Waals surface area contributed by atoms with Crippen molar-refractivity contribution in [1.29, 1.82) is 0 Å². The zero-order chi connectivity index (χ0) is 19.8. The number of hydrogen-bond acceptors (Lipinski definition) is 5. The molecule has 0 aliphatic heterocycles. The van der Waals surface area contributed by atoms with E-state index in [1.807, 2.05) is 39.0 Å². The van der Waals surface area contributed by atoms with Crippen molar-refractivity contribution in [2.24, 2.45) is 5.92 Å². The summed E-state index contributed by atoms with van der Waals surface area (Å²) in [5.41, 5.74) is 0.689. The molecule has 2 N–H and O–H groups in total. The number of carbonyl (C=O) groups is 2. The second-order valence-electron chi connectivity index (χ2n) is 6.33. The van der Waals surface area contributed by atoms with Crippen LogP contribution in [0.2, 0.25) is 0 Å². The van der Waals surface area contributed by atoms with E-state index in [0.29, 0.717) is 30.3 Å². The molecule has 0 saturated heterocycles. The van der Waals surface area contributed by atoms with Crippen LogP contribution in [0.25, 0.3) is 0 Å². The maximum Gasteiger partial charge on any atom is 0.339 e. The van der Waals surface area contributed by atoms with Gasteiger partial charge in [-0.05, 0) is 31.0 Å². The van der Waals surface area contributed by atoms with Crippen molar-refractivity contribution < 1.29 is 23.8 Å². The molecule has 1 unspecified atom stereocenters. The van der Waals surface area contributed by atoms with Crippen LogP contribution in [0, 0.1) is 5.92 Å². The van der Waals surface area contributed by atoms with Crippen molar-refractivity contribution >= 4 is 23.6 Å². The molecule has 0 spiro atoms. The van der Waals surface area contributed by atoms with Gasteiger partial charge in [0.1, 0.15) is 11.3 Å². The Kier molecular flexibility index (Phi) is 7.94. The zero-order valence-electron chi connectivity index (χ0n) is 15.7. The van der Waals surface area contributed by atoms with Gasteiger partial charge in [-0.1, -0.05) is 26.0 Å². The molecule has 0 saturated carbocycles. The van der Waals surface area contributed by atoms with E-state index in [9.17, 15) is 14.7 Å². The third kappa shape index (κ3) is 5.87. The van der Waals surface area contributed by atoms with Gasteiger partial charge in [0.25, 0.3) is 5.91 Å². The van der Waals surface area contributed by atoms with Crippen LogP contribution >= 0.6 is 11.8 Å². The first-order valence-corrected chi connectivity index (χ1v) is 9.82. The van der Waals surface area contributed by atoms with Gasteiger partial charge in [0.2, 0.25) is 0 Å². The molecular formula is C20H25NO5S. The Morgan fingerprint density at radius 2 is 1.96 bits per heavy atom. The van der Waals surface area contributed by atoms with Gasteiger partial charge in [-0.25, -0.2) is 4.79 Å². The summed E-state index contributed by atoms with van der Waals surface area (Å²) >= 11 is 1.37. The number of nitrogens with one attached hydrogen (secondary N) is 1. The topological polar surface area (TPSA) is 88.8 Å². The standard InChI is InChI=1S/C20H25NO5S/c1-4-25-11-16(13(2)3)21-19(22)15-7-5-6-8-18(15)27-12-17-14(20(23)24)9-10-26-17/h5-10,13,16H,4,11-12H2,1-3H3,(H,21,22)(H,23,24). The van der Waals surface area contributed by atoms with E-state index < -0.39 is 5.97 Å². The molecule has 0 bridgehead atoms. The number of amides is 1. The fourth-order valence-corrected chi connectivity index (χ4v) is 3.46.